The van der Waals surface area contributed by atoms with Gasteiger partial charge in [0.25, 0.3) is 11.1 Å². The number of fused-ring (bicyclic) bond motifs is 10. The van der Waals surface area contributed by atoms with Crippen molar-refractivity contribution >= 4 is 20.0 Å². The van der Waals surface area contributed by atoms with Gasteiger partial charge in [0.15, 0.2) is 23.0 Å². The van der Waals surface area contributed by atoms with E-state index in [2.05, 4.69) is 0 Å². The van der Waals surface area contributed by atoms with Crippen LogP contribution in [0, 0.1) is 11.8 Å². The molecule has 0 N–H and O–H groups in total. The maximum absolute atomic E-state index is 14.0. The van der Waals surface area contributed by atoms with Crippen molar-refractivity contribution in [2.24, 2.45) is 11.8 Å². The highest BCUT2D eigenvalue weighted by atomic mass is 32.2. The minimum atomic E-state index is -3.91. The molecule has 4 bridgehead atoms. The fourth-order valence-corrected chi connectivity index (χ4v) is 12.4. The van der Waals surface area contributed by atoms with Gasteiger partial charge in [-0.25, -0.2) is 16.8 Å². The van der Waals surface area contributed by atoms with Crippen LogP contribution in [0.4, 0.5) is 0 Å². The molecule has 2 saturated heterocycles. The van der Waals surface area contributed by atoms with Crippen molar-refractivity contribution < 1.29 is 45.3 Å². The van der Waals surface area contributed by atoms with Crippen LogP contribution in [0.2, 0.25) is 0 Å². The minimum Gasteiger partial charge on any atom is -0.487 e. The van der Waals surface area contributed by atoms with Crippen LogP contribution < -0.4 is 30.1 Å². The Bertz CT molecular complexity index is 2400. The van der Waals surface area contributed by atoms with E-state index in [1.54, 1.807) is 45.5 Å². The summed E-state index contributed by atoms with van der Waals surface area (Å²) in [6, 6.07) is 19.5. The number of hydrogen-bond acceptors (Lipinski definition) is 12. The van der Waals surface area contributed by atoms with Crippen molar-refractivity contribution in [1.29, 1.82) is 0 Å². The summed E-state index contributed by atoms with van der Waals surface area (Å²) in [5, 5.41) is 0. The molecule has 4 unspecified atom stereocenters. The van der Waals surface area contributed by atoms with Crippen LogP contribution >= 0.6 is 0 Å². The first kappa shape index (κ1) is 40.7. The Morgan fingerprint density at radius 1 is 0.450 bits per heavy atom. The van der Waals surface area contributed by atoms with Crippen LogP contribution in [0.25, 0.3) is 0 Å². The van der Waals surface area contributed by atoms with Crippen LogP contribution in [0.1, 0.15) is 36.1 Å². The number of piperidine rings is 2. The summed E-state index contributed by atoms with van der Waals surface area (Å²) in [6.07, 6.45) is 1.66. The van der Waals surface area contributed by atoms with Crippen molar-refractivity contribution in [3.8, 4) is 23.0 Å². The van der Waals surface area contributed by atoms with Crippen molar-refractivity contribution in [3.05, 3.63) is 105 Å². The molecular weight excluding hydrogens is 817 g/mol. The Labute approximate surface area is 348 Å². The second kappa shape index (κ2) is 17.0. The first-order chi connectivity index (χ1) is 29.0. The number of rotatable bonds is 4. The third kappa shape index (κ3) is 8.20. The van der Waals surface area contributed by atoms with Gasteiger partial charge in [-0.3, -0.25) is 9.59 Å². The van der Waals surface area contributed by atoms with E-state index in [-0.39, 0.29) is 122 Å². The third-order valence-electron chi connectivity index (χ3n) is 11.9. The summed E-state index contributed by atoms with van der Waals surface area (Å²) in [4.78, 5) is 25.2. The van der Waals surface area contributed by atoms with E-state index in [9.17, 15) is 26.4 Å². The standard InChI is InChI=1S/C42H48N4O12S2/c47-41-5-1-3-35-31-19-29(25-45(35)41)23-43(27-31)59(49,50)33-7-9-37-39(21-33)57-17-13-53-12-16-56-38-10-8-34(22-40(38)58-18-14-54-11-15-55-37)60(51,52)44-24-30-20-32(28-44)36-4-2-6-42(48)46(36)26-30/h1-10,21-22,29-32H,11-20,23-28H2. The molecule has 0 aliphatic carbocycles. The van der Waals surface area contributed by atoms with Gasteiger partial charge in [0.1, 0.15) is 26.4 Å². The van der Waals surface area contributed by atoms with Gasteiger partial charge in [-0.1, -0.05) is 12.1 Å². The summed E-state index contributed by atoms with van der Waals surface area (Å²) in [6.45, 7) is 3.28. The highest BCUT2D eigenvalue weighted by molar-refractivity contribution is 7.89. The van der Waals surface area contributed by atoms with Crippen molar-refractivity contribution in [3.63, 3.8) is 0 Å². The lowest BCUT2D eigenvalue weighted by atomic mass is 9.84. The van der Waals surface area contributed by atoms with Gasteiger partial charge < -0.3 is 37.6 Å². The number of nitrogens with zero attached hydrogens (tertiary/aromatic N) is 4. The average molecular weight is 865 g/mol. The van der Waals surface area contributed by atoms with E-state index < -0.39 is 20.0 Å². The van der Waals surface area contributed by atoms with E-state index in [1.165, 1.54) is 32.9 Å². The molecule has 18 heteroatoms. The number of hydrogen-bond donors (Lipinski definition) is 0. The molecule has 2 fully saturated rings. The highest BCUT2D eigenvalue weighted by Crippen LogP contribution is 2.40. The molecule has 0 radical (unpaired) electrons. The smallest absolute Gasteiger partial charge is 0.250 e. The van der Waals surface area contributed by atoms with Crippen LogP contribution in [0.15, 0.2) is 92.2 Å². The van der Waals surface area contributed by atoms with Crippen LogP contribution in [-0.2, 0) is 42.6 Å². The van der Waals surface area contributed by atoms with Crippen molar-refractivity contribution in [2.45, 2.75) is 47.6 Å². The average Bonchev–Trinajstić information content (AvgIpc) is 3.24. The first-order valence-electron chi connectivity index (χ1n) is 20.4. The Balaban J connectivity index is 0.844. The largest absolute Gasteiger partial charge is 0.487 e. The summed E-state index contributed by atoms with van der Waals surface area (Å²) < 4.78 is 98.3. The molecule has 0 saturated carbocycles. The molecule has 16 nitrogen and oxygen atoms in total. The fourth-order valence-electron chi connectivity index (χ4n) is 9.20. The zero-order valence-corrected chi connectivity index (χ0v) is 34.7. The maximum atomic E-state index is 14.0. The van der Waals surface area contributed by atoms with E-state index in [0.29, 0.717) is 37.7 Å². The molecule has 320 valence electrons. The second-order valence-corrected chi connectivity index (χ2v) is 19.8. The zero-order chi connectivity index (χ0) is 41.4. The first-order valence-corrected chi connectivity index (χ1v) is 23.3. The summed E-state index contributed by atoms with van der Waals surface area (Å²) in [7, 11) is -7.81. The molecule has 0 spiro atoms. The lowest BCUT2D eigenvalue weighted by Crippen LogP contribution is -2.49. The molecule has 0 amide bonds. The molecule has 7 heterocycles. The molecule has 2 aromatic carbocycles. The van der Waals surface area contributed by atoms with Crippen LogP contribution in [0.5, 0.6) is 23.0 Å². The summed E-state index contributed by atoms with van der Waals surface area (Å²) >= 11 is 0. The van der Waals surface area contributed by atoms with Gasteiger partial charge in [0.2, 0.25) is 20.0 Å². The number of benzene rings is 2. The van der Waals surface area contributed by atoms with E-state index in [4.69, 9.17) is 28.4 Å². The monoisotopic (exact) mass is 864 g/mol. The topological polar surface area (TPSA) is 174 Å². The van der Waals surface area contributed by atoms with E-state index in [1.807, 2.05) is 12.1 Å². The van der Waals surface area contributed by atoms with E-state index in [0.717, 1.165) is 24.2 Å². The SMILES string of the molecule is O=c1cccc2n1CC1CC2CN(S(=O)(=O)c2ccc3c(c2)OCCOCCOc2ccc(S(=O)(=O)N4CC5CC(C4)c4cccc(=O)n4C5)cc2OCCOCCO3)C1. The zero-order valence-electron chi connectivity index (χ0n) is 33.1. The number of ether oxygens (including phenoxy) is 6. The second-order valence-electron chi connectivity index (χ2n) is 15.9. The van der Waals surface area contributed by atoms with Crippen molar-refractivity contribution in [2.75, 3.05) is 79.0 Å². The Morgan fingerprint density at radius 3 is 1.27 bits per heavy atom. The van der Waals surface area contributed by atoms with Gasteiger partial charge in [-0.2, -0.15) is 8.61 Å². The molecule has 2 aromatic heterocycles. The number of pyridine rings is 2. The normalized spacial score (nSPS) is 24.3. The Hall–Kier alpha value is -4.72. The molecule has 5 aliphatic heterocycles. The molecular formula is C42H48N4O12S2. The fraction of sp³-hybridized carbons (Fsp3) is 0.476. The molecule has 4 aromatic rings. The highest BCUT2D eigenvalue weighted by Gasteiger charge is 2.41. The maximum Gasteiger partial charge on any atom is 0.250 e. The quantitative estimate of drug-likeness (QED) is 0.294. The molecule has 4 atom stereocenters. The Morgan fingerprint density at radius 2 is 0.850 bits per heavy atom. The summed E-state index contributed by atoms with van der Waals surface area (Å²) in [5.74, 6) is 1.10. The Kier molecular flexibility index (Phi) is 11.5. The number of aromatic nitrogens is 2. The van der Waals surface area contributed by atoms with Gasteiger partial charge >= 0.3 is 0 Å². The predicted molar refractivity (Wildman–Crippen MR) is 217 cm³/mol. The van der Waals surface area contributed by atoms with E-state index >= 15 is 0 Å². The van der Waals surface area contributed by atoms with Crippen LogP contribution in [0.3, 0.4) is 0 Å². The lowest BCUT2D eigenvalue weighted by Gasteiger charge is -2.42. The lowest BCUT2D eigenvalue weighted by molar-refractivity contribution is 0.0639. The predicted octanol–water partition coefficient (Wildman–Crippen LogP) is 2.89. The van der Waals surface area contributed by atoms with Gasteiger partial charge in [0, 0.05) is 86.8 Å². The molecule has 60 heavy (non-hydrogen) atoms. The van der Waals surface area contributed by atoms with Crippen LogP contribution in [-0.4, -0.2) is 114 Å². The third-order valence-corrected chi connectivity index (χ3v) is 15.6. The molecule has 5 aliphatic rings. The van der Waals surface area contributed by atoms with Crippen molar-refractivity contribution in [1.82, 2.24) is 17.7 Å². The summed E-state index contributed by atoms with van der Waals surface area (Å²) in [5.41, 5.74) is 1.61. The minimum absolute atomic E-state index is 0.0261. The van der Waals surface area contributed by atoms with Gasteiger partial charge in [0.05, 0.1) is 36.2 Å². The molecule has 9 rings (SSSR count). The van der Waals surface area contributed by atoms with Gasteiger partial charge in [-0.05, 0) is 61.1 Å². The van der Waals surface area contributed by atoms with Gasteiger partial charge in [-0.15, -0.1) is 0 Å². The number of sulfonamides is 2.